The van der Waals surface area contributed by atoms with Crippen molar-refractivity contribution in [2.24, 2.45) is 5.73 Å². The van der Waals surface area contributed by atoms with Crippen LogP contribution in [0.4, 0.5) is 0 Å². The van der Waals surface area contributed by atoms with Crippen LogP contribution in [0.3, 0.4) is 0 Å². The van der Waals surface area contributed by atoms with Crippen LogP contribution in [0.25, 0.3) is 0 Å². The van der Waals surface area contributed by atoms with E-state index in [0.717, 1.165) is 24.8 Å². The largest absolute Gasteiger partial charge is 0.349 e. The molecule has 0 heterocycles. The predicted molar refractivity (Wildman–Crippen MR) is 64.3 cm³/mol. The Kier molecular flexibility index (Phi) is 3.25. The fourth-order valence-corrected chi connectivity index (χ4v) is 1.94. The Morgan fingerprint density at radius 1 is 1.38 bits per heavy atom. The Labute approximate surface area is 96.0 Å². The molecule has 0 unspecified atom stereocenters. The molecule has 86 valence electrons. The van der Waals surface area contributed by atoms with Crippen LogP contribution < -0.4 is 11.1 Å². The topological polar surface area (TPSA) is 55.1 Å². The van der Waals surface area contributed by atoms with Crippen molar-refractivity contribution in [3.8, 4) is 0 Å². The molecule has 1 saturated carbocycles. The minimum Gasteiger partial charge on any atom is -0.349 e. The molecule has 1 fully saturated rings. The maximum Gasteiger partial charge on any atom is 0.251 e. The van der Waals surface area contributed by atoms with E-state index in [1.165, 1.54) is 5.56 Å². The molecule has 1 amide bonds. The lowest BCUT2D eigenvalue weighted by molar-refractivity contribution is 0.0910. The van der Waals surface area contributed by atoms with E-state index in [4.69, 9.17) is 5.73 Å². The summed E-state index contributed by atoms with van der Waals surface area (Å²) in [7, 11) is 0. The average Bonchev–Trinajstić information content (AvgIpc) is 2.27. The van der Waals surface area contributed by atoms with Gasteiger partial charge in [-0.25, -0.2) is 0 Å². The highest BCUT2D eigenvalue weighted by atomic mass is 16.1. The number of hydrogen-bond acceptors (Lipinski definition) is 2. The molecule has 16 heavy (non-hydrogen) atoms. The third-order valence-electron chi connectivity index (χ3n) is 3.13. The summed E-state index contributed by atoms with van der Waals surface area (Å²) in [6, 6.07) is 8.31. The lowest BCUT2D eigenvalue weighted by Gasteiger charge is -2.32. The normalized spacial score (nSPS) is 23.6. The lowest BCUT2D eigenvalue weighted by Crippen LogP contribution is -2.50. The molecule has 0 radical (unpaired) electrons. The van der Waals surface area contributed by atoms with Gasteiger partial charge in [0.1, 0.15) is 0 Å². The SMILES string of the molecule is CCc1ccc(C(=O)NC2CC(N)C2)cc1. The summed E-state index contributed by atoms with van der Waals surface area (Å²) in [6.45, 7) is 2.10. The Morgan fingerprint density at radius 3 is 2.50 bits per heavy atom. The molecule has 3 nitrogen and oxygen atoms in total. The Morgan fingerprint density at radius 2 is 2.00 bits per heavy atom. The fraction of sp³-hybridized carbons (Fsp3) is 0.462. The van der Waals surface area contributed by atoms with E-state index in [1.54, 1.807) is 0 Å². The maximum atomic E-state index is 11.8. The summed E-state index contributed by atoms with van der Waals surface area (Å²) in [5, 5.41) is 2.98. The number of carbonyl (C=O) groups excluding carboxylic acids is 1. The van der Waals surface area contributed by atoms with Crippen molar-refractivity contribution in [3.05, 3.63) is 35.4 Å². The van der Waals surface area contributed by atoms with Gasteiger partial charge in [0, 0.05) is 17.6 Å². The van der Waals surface area contributed by atoms with Gasteiger partial charge in [0.15, 0.2) is 0 Å². The zero-order valence-electron chi connectivity index (χ0n) is 9.57. The van der Waals surface area contributed by atoms with Crippen molar-refractivity contribution in [2.45, 2.75) is 38.3 Å². The van der Waals surface area contributed by atoms with Crippen molar-refractivity contribution >= 4 is 5.91 Å². The van der Waals surface area contributed by atoms with Crippen LogP contribution in [0.5, 0.6) is 0 Å². The van der Waals surface area contributed by atoms with Gasteiger partial charge in [0.2, 0.25) is 0 Å². The van der Waals surface area contributed by atoms with E-state index < -0.39 is 0 Å². The van der Waals surface area contributed by atoms with Gasteiger partial charge in [-0.1, -0.05) is 19.1 Å². The van der Waals surface area contributed by atoms with Crippen molar-refractivity contribution in [3.63, 3.8) is 0 Å². The monoisotopic (exact) mass is 218 g/mol. The summed E-state index contributed by atoms with van der Waals surface area (Å²) < 4.78 is 0. The quantitative estimate of drug-likeness (QED) is 0.807. The highest BCUT2D eigenvalue weighted by Gasteiger charge is 2.27. The second-order valence-electron chi connectivity index (χ2n) is 4.45. The third-order valence-corrected chi connectivity index (χ3v) is 3.13. The molecule has 1 aromatic carbocycles. The molecule has 0 bridgehead atoms. The zero-order valence-corrected chi connectivity index (χ0v) is 9.57. The van der Waals surface area contributed by atoms with Gasteiger partial charge in [-0.15, -0.1) is 0 Å². The smallest absolute Gasteiger partial charge is 0.251 e. The number of amides is 1. The number of rotatable bonds is 3. The van der Waals surface area contributed by atoms with E-state index in [2.05, 4.69) is 12.2 Å². The minimum absolute atomic E-state index is 0.0135. The second kappa shape index (κ2) is 4.66. The van der Waals surface area contributed by atoms with Gasteiger partial charge in [-0.2, -0.15) is 0 Å². The summed E-state index contributed by atoms with van der Waals surface area (Å²) in [6.07, 6.45) is 2.80. The van der Waals surface area contributed by atoms with Crippen LogP contribution in [0.15, 0.2) is 24.3 Å². The van der Waals surface area contributed by atoms with Crippen LogP contribution in [0, 0.1) is 0 Å². The first kappa shape index (κ1) is 11.1. The summed E-state index contributed by atoms with van der Waals surface area (Å²) in [4.78, 5) is 11.8. The van der Waals surface area contributed by atoms with E-state index in [0.29, 0.717) is 0 Å². The standard InChI is InChI=1S/C13H18N2O/c1-2-9-3-5-10(6-4-9)13(16)15-12-7-11(14)8-12/h3-6,11-12H,2,7-8,14H2,1H3,(H,15,16). The van der Waals surface area contributed by atoms with E-state index in [-0.39, 0.29) is 18.0 Å². The Bertz CT molecular complexity index is 366. The third kappa shape index (κ3) is 2.42. The van der Waals surface area contributed by atoms with Crippen LogP contribution in [0.1, 0.15) is 35.7 Å². The first-order valence-corrected chi connectivity index (χ1v) is 5.84. The highest BCUT2D eigenvalue weighted by molar-refractivity contribution is 5.94. The van der Waals surface area contributed by atoms with Crippen LogP contribution in [-0.2, 0) is 6.42 Å². The number of nitrogens with one attached hydrogen (secondary N) is 1. The van der Waals surface area contributed by atoms with Crippen LogP contribution in [0.2, 0.25) is 0 Å². The average molecular weight is 218 g/mol. The van der Waals surface area contributed by atoms with Crippen molar-refractivity contribution < 1.29 is 4.79 Å². The minimum atomic E-state index is 0.0135. The highest BCUT2D eigenvalue weighted by Crippen LogP contribution is 2.18. The van der Waals surface area contributed by atoms with Crippen molar-refractivity contribution in [2.75, 3.05) is 0 Å². The number of hydrogen-bond donors (Lipinski definition) is 2. The van der Waals surface area contributed by atoms with E-state index >= 15 is 0 Å². The van der Waals surface area contributed by atoms with E-state index in [1.807, 2.05) is 24.3 Å². The van der Waals surface area contributed by atoms with Gasteiger partial charge < -0.3 is 11.1 Å². The number of aryl methyl sites for hydroxylation is 1. The molecular weight excluding hydrogens is 200 g/mol. The summed E-state index contributed by atoms with van der Waals surface area (Å²) >= 11 is 0. The maximum absolute atomic E-state index is 11.8. The van der Waals surface area contributed by atoms with Gasteiger partial charge >= 0.3 is 0 Å². The van der Waals surface area contributed by atoms with Gasteiger partial charge in [0.05, 0.1) is 0 Å². The molecule has 2 rings (SSSR count). The molecule has 3 heteroatoms. The molecule has 3 N–H and O–H groups in total. The van der Waals surface area contributed by atoms with E-state index in [9.17, 15) is 4.79 Å². The van der Waals surface area contributed by atoms with Crippen molar-refractivity contribution in [1.82, 2.24) is 5.32 Å². The molecule has 1 aliphatic carbocycles. The van der Waals surface area contributed by atoms with Crippen molar-refractivity contribution in [1.29, 1.82) is 0 Å². The summed E-state index contributed by atoms with van der Waals surface area (Å²) in [5.74, 6) is 0.0135. The molecule has 1 aliphatic rings. The fourth-order valence-electron chi connectivity index (χ4n) is 1.94. The Hall–Kier alpha value is -1.35. The number of carbonyl (C=O) groups is 1. The predicted octanol–water partition coefficient (Wildman–Crippen LogP) is 1.47. The van der Waals surface area contributed by atoms with Gasteiger partial charge in [-0.3, -0.25) is 4.79 Å². The summed E-state index contributed by atoms with van der Waals surface area (Å²) in [5.41, 5.74) is 7.66. The molecule has 0 atom stereocenters. The molecule has 0 saturated heterocycles. The molecule has 0 aliphatic heterocycles. The first-order valence-electron chi connectivity index (χ1n) is 5.84. The van der Waals surface area contributed by atoms with Gasteiger partial charge in [-0.05, 0) is 37.0 Å². The second-order valence-corrected chi connectivity index (χ2v) is 4.45. The van der Waals surface area contributed by atoms with Gasteiger partial charge in [0.25, 0.3) is 5.91 Å². The first-order chi connectivity index (χ1) is 7.69. The lowest BCUT2D eigenvalue weighted by atomic mass is 9.87. The molecular formula is C13H18N2O. The Balaban J connectivity index is 1.93. The zero-order chi connectivity index (χ0) is 11.5. The molecule has 0 spiro atoms. The van der Waals surface area contributed by atoms with Crippen LogP contribution >= 0.6 is 0 Å². The molecule has 1 aromatic rings. The number of benzene rings is 1. The van der Waals surface area contributed by atoms with Crippen LogP contribution in [-0.4, -0.2) is 18.0 Å². The number of nitrogens with two attached hydrogens (primary N) is 1. The molecule has 0 aromatic heterocycles.